The van der Waals surface area contributed by atoms with E-state index in [-0.39, 0.29) is 17.4 Å². The van der Waals surface area contributed by atoms with Gasteiger partial charge in [0.2, 0.25) is 0 Å². The van der Waals surface area contributed by atoms with Crippen molar-refractivity contribution in [2.45, 2.75) is 13.0 Å². The monoisotopic (exact) mass is 253 g/mol. The first-order valence-corrected chi connectivity index (χ1v) is 5.62. The summed E-state index contributed by atoms with van der Waals surface area (Å²) >= 11 is 0.968. The number of aromatic nitrogens is 4. The molecule has 17 heavy (non-hydrogen) atoms. The summed E-state index contributed by atoms with van der Waals surface area (Å²) in [6.45, 7) is 1.74. The van der Waals surface area contributed by atoms with E-state index in [0.29, 0.717) is 5.69 Å². The van der Waals surface area contributed by atoms with Crippen molar-refractivity contribution >= 4 is 17.6 Å². The lowest BCUT2D eigenvalue weighted by Crippen LogP contribution is -2.27. The molecule has 8 heteroatoms. The highest BCUT2D eigenvalue weighted by Crippen LogP contribution is 2.21. The van der Waals surface area contributed by atoms with E-state index in [2.05, 4.69) is 19.2 Å². The number of aryl methyl sites for hydroxylation is 1. The molecule has 1 unspecified atom stereocenters. The first-order valence-electron chi connectivity index (χ1n) is 4.89. The van der Waals surface area contributed by atoms with E-state index >= 15 is 0 Å². The van der Waals surface area contributed by atoms with Gasteiger partial charge in [-0.3, -0.25) is 9.48 Å². The maximum Gasteiger partial charge on any atom is 0.273 e. The minimum atomic E-state index is -0.398. The van der Waals surface area contributed by atoms with Gasteiger partial charge in [-0.25, -0.2) is 0 Å². The molecule has 0 aliphatic rings. The van der Waals surface area contributed by atoms with Crippen molar-refractivity contribution in [3.63, 3.8) is 0 Å². The van der Waals surface area contributed by atoms with Crippen molar-refractivity contribution in [1.29, 1.82) is 0 Å². The first kappa shape index (κ1) is 11.5. The minimum absolute atomic E-state index is 0.0525. The Balaban J connectivity index is 2.09. The Morgan fingerprint density at radius 1 is 1.65 bits per heavy atom. The van der Waals surface area contributed by atoms with E-state index in [1.54, 1.807) is 14.0 Å². The average Bonchev–Trinajstić information content (AvgIpc) is 2.87. The van der Waals surface area contributed by atoms with E-state index in [4.69, 9.17) is 0 Å². The van der Waals surface area contributed by atoms with Gasteiger partial charge in [-0.15, -0.1) is 0 Å². The second-order valence-electron chi connectivity index (χ2n) is 3.56. The number of carbonyl (C=O) groups is 1. The molecule has 90 valence electrons. The van der Waals surface area contributed by atoms with Gasteiger partial charge < -0.3 is 10.4 Å². The van der Waals surface area contributed by atoms with Gasteiger partial charge in [0, 0.05) is 7.05 Å². The lowest BCUT2D eigenvalue weighted by Gasteiger charge is -2.10. The second-order valence-corrected chi connectivity index (χ2v) is 4.12. The summed E-state index contributed by atoms with van der Waals surface area (Å²) in [5.41, 5.74) is 0.682. The molecule has 0 aromatic carbocycles. The van der Waals surface area contributed by atoms with Gasteiger partial charge in [0.15, 0.2) is 11.4 Å². The highest BCUT2D eigenvalue weighted by molar-refractivity contribution is 6.99. The molecule has 0 fully saturated rings. The molecular formula is C9H11N5O2S. The number of hydrogen-bond donors (Lipinski definition) is 2. The molecule has 2 heterocycles. The molecule has 0 spiro atoms. The molecule has 0 bridgehead atoms. The van der Waals surface area contributed by atoms with E-state index in [9.17, 15) is 9.90 Å². The molecule has 2 N–H and O–H groups in total. The topological polar surface area (TPSA) is 92.9 Å². The van der Waals surface area contributed by atoms with Crippen LogP contribution >= 0.6 is 11.7 Å². The van der Waals surface area contributed by atoms with E-state index in [0.717, 1.165) is 11.7 Å². The Morgan fingerprint density at radius 3 is 2.94 bits per heavy atom. The summed E-state index contributed by atoms with van der Waals surface area (Å²) in [4.78, 5) is 11.7. The van der Waals surface area contributed by atoms with Crippen molar-refractivity contribution in [1.82, 2.24) is 23.8 Å². The summed E-state index contributed by atoms with van der Waals surface area (Å²) in [6.07, 6.45) is 2.87. The van der Waals surface area contributed by atoms with Crippen LogP contribution in [-0.4, -0.2) is 29.5 Å². The Kier molecular flexibility index (Phi) is 3.05. The molecular weight excluding hydrogens is 242 g/mol. The first-order chi connectivity index (χ1) is 8.08. The van der Waals surface area contributed by atoms with Crippen LogP contribution in [0.15, 0.2) is 12.4 Å². The Bertz CT molecular complexity index is 521. The van der Waals surface area contributed by atoms with Gasteiger partial charge in [-0.05, 0) is 6.92 Å². The second kappa shape index (κ2) is 4.50. The standard InChI is InChI=1S/C9H11N5O2S/c1-5(8-7(15)4-14(2)12-8)11-9(16)6-3-10-17-13-6/h3-5,15H,1-2H3,(H,11,16). The lowest BCUT2D eigenvalue weighted by atomic mass is 10.2. The van der Waals surface area contributed by atoms with Gasteiger partial charge in [-0.1, -0.05) is 0 Å². The fourth-order valence-electron chi connectivity index (χ4n) is 1.41. The molecule has 2 rings (SSSR count). The number of nitrogens with one attached hydrogen (secondary N) is 1. The van der Waals surface area contributed by atoms with Crippen molar-refractivity contribution in [2.75, 3.05) is 0 Å². The molecule has 0 radical (unpaired) electrons. The lowest BCUT2D eigenvalue weighted by molar-refractivity contribution is 0.0934. The summed E-state index contributed by atoms with van der Waals surface area (Å²) in [6, 6.07) is -0.398. The minimum Gasteiger partial charge on any atom is -0.504 e. The van der Waals surface area contributed by atoms with Crippen molar-refractivity contribution < 1.29 is 9.90 Å². The van der Waals surface area contributed by atoms with Crippen LogP contribution in [0, 0.1) is 0 Å². The number of nitrogens with zero attached hydrogens (tertiary/aromatic N) is 4. The van der Waals surface area contributed by atoms with E-state index < -0.39 is 6.04 Å². The molecule has 0 saturated carbocycles. The number of hydrogen-bond acceptors (Lipinski definition) is 6. The quantitative estimate of drug-likeness (QED) is 0.829. The fourth-order valence-corrected chi connectivity index (χ4v) is 1.82. The highest BCUT2D eigenvalue weighted by atomic mass is 32.1. The summed E-state index contributed by atoms with van der Waals surface area (Å²) in [7, 11) is 1.70. The zero-order valence-corrected chi connectivity index (χ0v) is 10.1. The zero-order valence-electron chi connectivity index (χ0n) is 9.28. The Labute approximate surface area is 101 Å². The van der Waals surface area contributed by atoms with Gasteiger partial charge in [0.1, 0.15) is 5.69 Å². The molecule has 0 aliphatic carbocycles. The highest BCUT2D eigenvalue weighted by Gasteiger charge is 2.18. The van der Waals surface area contributed by atoms with Crippen LogP contribution in [0.5, 0.6) is 5.75 Å². The fraction of sp³-hybridized carbons (Fsp3) is 0.333. The Morgan fingerprint density at radius 2 is 2.41 bits per heavy atom. The predicted molar refractivity (Wildman–Crippen MR) is 60.7 cm³/mol. The third-order valence-electron chi connectivity index (χ3n) is 2.19. The molecule has 1 atom stereocenters. The van der Waals surface area contributed by atoms with E-state index in [1.807, 2.05) is 0 Å². The van der Waals surface area contributed by atoms with Gasteiger partial charge in [0.25, 0.3) is 5.91 Å². The van der Waals surface area contributed by atoms with Crippen LogP contribution in [0.2, 0.25) is 0 Å². The van der Waals surface area contributed by atoms with E-state index in [1.165, 1.54) is 17.1 Å². The predicted octanol–water partition coefficient (Wildman–Crippen LogP) is 0.468. The third kappa shape index (κ3) is 2.41. The third-order valence-corrected chi connectivity index (χ3v) is 2.67. The van der Waals surface area contributed by atoms with Crippen molar-refractivity contribution in [3.8, 4) is 5.75 Å². The van der Waals surface area contributed by atoms with Gasteiger partial charge >= 0.3 is 0 Å². The summed E-state index contributed by atoms with van der Waals surface area (Å²) in [5, 5.41) is 16.3. The van der Waals surface area contributed by atoms with Crippen LogP contribution < -0.4 is 5.32 Å². The molecule has 0 saturated heterocycles. The molecule has 7 nitrogen and oxygen atoms in total. The van der Waals surface area contributed by atoms with Crippen LogP contribution in [-0.2, 0) is 7.05 Å². The maximum absolute atomic E-state index is 11.7. The zero-order chi connectivity index (χ0) is 12.4. The number of aromatic hydroxyl groups is 1. The van der Waals surface area contributed by atoms with Crippen LogP contribution in [0.4, 0.5) is 0 Å². The SMILES string of the molecule is CC(NC(=O)c1cnsn1)c1nn(C)cc1O. The molecule has 2 aromatic heterocycles. The molecule has 1 amide bonds. The van der Waals surface area contributed by atoms with Crippen molar-refractivity contribution in [3.05, 3.63) is 23.8 Å². The van der Waals surface area contributed by atoms with Crippen LogP contribution in [0.3, 0.4) is 0 Å². The molecule has 0 aliphatic heterocycles. The Hall–Kier alpha value is -1.96. The summed E-state index contributed by atoms with van der Waals surface area (Å²) in [5.74, 6) is -0.284. The van der Waals surface area contributed by atoms with Crippen LogP contribution in [0.1, 0.15) is 29.1 Å². The smallest absolute Gasteiger partial charge is 0.273 e. The summed E-state index contributed by atoms with van der Waals surface area (Å²) < 4.78 is 9.05. The van der Waals surface area contributed by atoms with Crippen LogP contribution in [0.25, 0.3) is 0 Å². The number of amides is 1. The van der Waals surface area contributed by atoms with Gasteiger partial charge in [-0.2, -0.15) is 13.8 Å². The number of carbonyl (C=O) groups excluding carboxylic acids is 1. The largest absolute Gasteiger partial charge is 0.504 e. The normalized spacial score (nSPS) is 12.4. The molecule has 2 aromatic rings. The number of rotatable bonds is 3. The van der Waals surface area contributed by atoms with Gasteiger partial charge in [0.05, 0.1) is 30.2 Å². The average molecular weight is 253 g/mol. The maximum atomic E-state index is 11.7. The van der Waals surface area contributed by atoms with Crippen molar-refractivity contribution in [2.24, 2.45) is 7.05 Å².